The minimum Gasteiger partial charge on any atom is -0.373 e. The van der Waals surface area contributed by atoms with E-state index in [1.54, 1.807) is 0 Å². The lowest BCUT2D eigenvalue weighted by Crippen LogP contribution is -2.17. The molecule has 4 nitrogen and oxygen atoms in total. The van der Waals surface area contributed by atoms with Crippen molar-refractivity contribution in [3.63, 3.8) is 0 Å². The van der Waals surface area contributed by atoms with Gasteiger partial charge in [-0.3, -0.25) is 0 Å². The summed E-state index contributed by atoms with van der Waals surface area (Å²) in [5.74, 6) is -0.825. The molecular formula is C12H19F3N4. The Morgan fingerprint density at radius 1 is 1.11 bits per heavy atom. The highest BCUT2D eigenvalue weighted by Gasteiger charge is 2.35. The van der Waals surface area contributed by atoms with Gasteiger partial charge in [0.1, 0.15) is 11.6 Å². The van der Waals surface area contributed by atoms with Gasteiger partial charge in [-0.25, -0.2) is 9.97 Å². The molecule has 0 aromatic carbocycles. The SMILES string of the molecule is CNc1cc(NCCC(C)(C)C)nc(C(F)(F)F)n1. The molecule has 1 aromatic heterocycles. The molecule has 0 amide bonds. The van der Waals surface area contributed by atoms with Gasteiger partial charge >= 0.3 is 6.18 Å². The summed E-state index contributed by atoms with van der Waals surface area (Å²) >= 11 is 0. The number of halogens is 3. The third-order valence-electron chi connectivity index (χ3n) is 2.42. The van der Waals surface area contributed by atoms with Gasteiger partial charge in [-0.15, -0.1) is 0 Å². The van der Waals surface area contributed by atoms with E-state index in [-0.39, 0.29) is 17.1 Å². The number of rotatable bonds is 4. The molecule has 0 atom stereocenters. The minimum atomic E-state index is -4.55. The van der Waals surface area contributed by atoms with E-state index in [1.807, 2.05) is 0 Å². The van der Waals surface area contributed by atoms with Crippen LogP contribution in [-0.4, -0.2) is 23.6 Å². The predicted octanol–water partition coefficient (Wildman–Crippen LogP) is 3.39. The summed E-state index contributed by atoms with van der Waals surface area (Å²) in [5.41, 5.74) is 0.110. The number of alkyl halides is 3. The highest BCUT2D eigenvalue weighted by Crippen LogP contribution is 2.28. The van der Waals surface area contributed by atoms with Gasteiger partial charge in [0.2, 0.25) is 5.82 Å². The molecule has 108 valence electrons. The highest BCUT2D eigenvalue weighted by molar-refractivity contribution is 5.47. The van der Waals surface area contributed by atoms with E-state index in [1.165, 1.54) is 13.1 Å². The van der Waals surface area contributed by atoms with Crippen LogP contribution in [0.2, 0.25) is 0 Å². The maximum absolute atomic E-state index is 12.6. The number of anilines is 2. The molecule has 7 heteroatoms. The summed E-state index contributed by atoms with van der Waals surface area (Å²) in [4.78, 5) is 6.88. The van der Waals surface area contributed by atoms with E-state index in [4.69, 9.17) is 0 Å². The van der Waals surface area contributed by atoms with Crippen molar-refractivity contribution in [3.05, 3.63) is 11.9 Å². The third-order valence-corrected chi connectivity index (χ3v) is 2.42. The van der Waals surface area contributed by atoms with Crippen molar-refractivity contribution in [1.29, 1.82) is 0 Å². The van der Waals surface area contributed by atoms with E-state index < -0.39 is 12.0 Å². The molecule has 1 heterocycles. The second-order valence-electron chi connectivity index (χ2n) is 5.45. The Hall–Kier alpha value is -1.53. The topological polar surface area (TPSA) is 49.8 Å². The van der Waals surface area contributed by atoms with E-state index in [0.29, 0.717) is 6.54 Å². The molecule has 19 heavy (non-hydrogen) atoms. The van der Waals surface area contributed by atoms with Crippen LogP contribution in [0, 0.1) is 5.41 Å². The lowest BCUT2D eigenvalue weighted by Gasteiger charge is -2.18. The molecule has 1 rings (SSSR count). The monoisotopic (exact) mass is 276 g/mol. The largest absolute Gasteiger partial charge is 0.451 e. The molecule has 0 fully saturated rings. The zero-order valence-electron chi connectivity index (χ0n) is 11.5. The van der Waals surface area contributed by atoms with E-state index in [2.05, 4.69) is 41.4 Å². The Morgan fingerprint density at radius 2 is 1.68 bits per heavy atom. The van der Waals surface area contributed by atoms with Crippen molar-refractivity contribution in [2.24, 2.45) is 5.41 Å². The second kappa shape index (κ2) is 5.63. The summed E-state index contributed by atoms with van der Waals surface area (Å²) in [6.45, 7) is 6.75. The van der Waals surface area contributed by atoms with Crippen LogP contribution >= 0.6 is 0 Å². The van der Waals surface area contributed by atoms with Gasteiger partial charge in [-0.1, -0.05) is 20.8 Å². The smallest absolute Gasteiger partial charge is 0.373 e. The van der Waals surface area contributed by atoms with Crippen molar-refractivity contribution < 1.29 is 13.2 Å². The molecule has 0 unspecified atom stereocenters. The predicted molar refractivity (Wildman–Crippen MR) is 69.1 cm³/mol. The molecule has 0 aliphatic heterocycles. The minimum absolute atomic E-state index is 0.110. The van der Waals surface area contributed by atoms with E-state index in [0.717, 1.165) is 6.42 Å². The first-order chi connectivity index (χ1) is 8.62. The molecule has 0 aliphatic rings. The van der Waals surface area contributed by atoms with E-state index in [9.17, 15) is 13.2 Å². The first-order valence-electron chi connectivity index (χ1n) is 6.00. The lowest BCUT2D eigenvalue weighted by atomic mass is 9.92. The summed E-state index contributed by atoms with van der Waals surface area (Å²) in [6.07, 6.45) is -3.72. The van der Waals surface area contributed by atoms with Crippen LogP contribution in [0.25, 0.3) is 0 Å². The second-order valence-corrected chi connectivity index (χ2v) is 5.45. The zero-order chi connectivity index (χ0) is 14.7. The van der Waals surface area contributed by atoms with Gasteiger partial charge in [0, 0.05) is 19.7 Å². The van der Waals surface area contributed by atoms with Crippen LogP contribution in [0.4, 0.5) is 24.8 Å². The van der Waals surface area contributed by atoms with Gasteiger partial charge in [0.25, 0.3) is 0 Å². The maximum Gasteiger partial charge on any atom is 0.451 e. The van der Waals surface area contributed by atoms with Gasteiger partial charge in [0.05, 0.1) is 0 Å². The van der Waals surface area contributed by atoms with Gasteiger partial charge < -0.3 is 10.6 Å². The van der Waals surface area contributed by atoms with Gasteiger partial charge in [-0.05, 0) is 11.8 Å². The van der Waals surface area contributed by atoms with Crippen LogP contribution in [0.5, 0.6) is 0 Å². The highest BCUT2D eigenvalue weighted by atomic mass is 19.4. The Labute approximate surface area is 110 Å². The lowest BCUT2D eigenvalue weighted by molar-refractivity contribution is -0.144. The number of nitrogens with one attached hydrogen (secondary N) is 2. The number of nitrogens with zero attached hydrogens (tertiary/aromatic N) is 2. The fraction of sp³-hybridized carbons (Fsp3) is 0.667. The number of aromatic nitrogens is 2. The summed E-state index contributed by atoms with van der Waals surface area (Å²) < 4.78 is 37.8. The Balaban J connectivity index is 2.83. The number of hydrogen-bond donors (Lipinski definition) is 2. The van der Waals surface area contributed by atoms with Crippen LogP contribution in [0.1, 0.15) is 33.0 Å². The van der Waals surface area contributed by atoms with Crippen molar-refractivity contribution in [2.75, 3.05) is 24.2 Å². The first kappa shape index (κ1) is 15.5. The molecule has 0 saturated heterocycles. The maximum atomic E-state index is 12.6. The number of hydrogen-bond acceptors (Lipinski definition) is 4. The van der Waals surface area contributed by atoms with Gasteiger partial charge in [0.15, 0.2) is 0 Å². The fourth-order valence-corrected chi connectivity index (χ4v) is 1.36. The fourth-order valence-electron chi connectivity index (χ4n) is 1.36. The molecule has 0 aliphatic carbocycles. The summed E-state index contributed by atoms with van der Waals surface area (Å²) in [7, 11) is 1.52. The molecule has 0 saturated carbocycles. The van der Waals surface area contributed by atoms with Crippen LogP contribution in [-0.2, 0) is 6.18 Å². The Morgan fingerprint density at radius 3 is 2.16 bits per heavy atom. The van der Waals surface area contributed by atoms with Crippen molar-refractivity contribution in [2.45, 2.75) is 33.4 Å². The van der Waals surface area contributed by atoms with Crippen LogP contribution in [0.15, 0.2) is 6.07 Å². The van der Waals surface area contributed by atoms with Crippen molar-refractivity contribution in [1.82, 2.24) is 9.97 Å². The Bertz CT molecular complexity index is 424. The molecule has 1 aromatic rings. The third kappa shape index (κ3) is 5.32. The average molecular weight is 276 g/mol. The normalized spacial score (nSPS) is 12.4. The molecule has 2 N–H and O–H groups in total. The average Bonchev–Trinajstić information content (AvgIpc) is 2.25. The van der Waals surface area contributed by atoms with E-state index >= 15 is 0 Å². The van der Waals surface area contributed by atoms with Crippen molar-refractivity contribution >= 4 is 11.6 Å². The van der Waals surface area contributed by atoms with Crippen LogP contribution < -0.4 is 10.6 Å². The summed E-state index contributed by atoms with van der Waals surface area (Å²) in [5, 5.41) is 5.49. The molecule has 0 radical (unpaired) electrons. The standard InChI is InChI=1S/C12H19F3N4/c1-11(2,3)5-6-17-9-7-8(16-4)18-10(19-9)12(13,14)15/h7H,5-6H2,1-4H3,(H2,16,17,18,19). The molecule has 0 bridgehead atoms. The summed E-state index contributed by atoms with van der Waals surface area (Å²) in [6, 6.07) is 1.46. The van der Waals surface area contributed by atoms with Gasteiger partial charge in [-0.2, -0.15) is 13.2 Å². The molecule has 0 spiro atoms. The molecular weight excluding hydrogens is 257 g/mol. The quantitative estimate of drug-likeness (QED) is 0.885. The van der Waals surface area contributed by atoms with Crippen molar-refractivity contribution in [3.8, 4) is 0 Å². The van der Waals surface area contributed by atoms with Crippen LogP contribution in [0.3, 0.4) is 0 Å². The zero-order valence-corrected chi connectivity index (χ0v) is 11.5. The first-order valence-corrected chi connectivity index (χ1v) is 6.00. The Kier molecular flexibility index (Phi) is 4.60.